The minimum Gasteiger partial charge on any atom is -0.494 e. The number of methoxy groups -OCH3 is 1. The van der Waals surface area contributed by atoms with Crippen molar-refractivity contribution in [1.82, 2.24) is 4.98 Å². The maximum absolute atomic E-state index is 10.7. The number of carbonyl (C=O) groups is 1. The summed E-state index contributed by atoms with van der Waals surface area (Å²) in [6.07, 6.45) is -0.0764. The maximum Gasteiger partial charge on any atom is 0.309 e. The predicted octanol–water partition coefficient (Wildman–Crippen LogP) is 2.18. The van der Waals surface area contributed by atoms with Crippen molar-refractivity contribution >= 4 is 16.9 Å². The van der Waals surface area contributed by atoms with Crippen LogP contribution in [0.15, 0.2) is 24.3 Å². The topological polar surface area (TPSA) is 59.4 Å². The zero-order valence-corrected chi connectivity index (χ0v) is 9.73. The zero-order chi connectivity index (χ0) is 12.4. The van der Waals surface area contributed by atoms with Crippen molar-refractivity contribution < 1.29 is 14.6 Å². The number of hydrogen-bond acceptors (Lipinski definition) is 3. The molecule has 0 fully saturated rings. The van der Waals surface area contributed by atoms with Crippen LogP contribution in [0, 0.1) is 6.92 Å². The van der Waals surface area contributed by atoms with Crippen LogP contribution in [0.5, 0.6) is 5.75 Å². The Bertz CT molecular complexity index is 578. The van der Waals surface area contributed by atoms with Crippen LogP contribution < -0.4 is 4.74 Å². The first kappa shape index (κ1) is 11.4. The van der Waals surface area contributed by atoms with E-state index in [1.165, 1.54) is 0 Å². The molecule has 0 aliphatic heterocycles. The van der Waals surface area contributed by atoms with Gasteiger partial charge in [-0.2, -0.15) is 0 Å². The van der Waals surface area contributed by atoms with Gasteiger partial charge in [-0.3, -0.25) is 4.79 Å². The molecule has 0 saturated heterocycles. The van der Waals surface area contributed by atoms with E-state index in [1.54, 1.807) is 13.2 Å². The molecule has 0 unspecified atom stereocenters. The first-order valence-corrected chi connectivity index (χ1v) is 5.27. The summed E-state index contributed by atoms with van der Waals surface area (Å²) in [7, 11) is 1.58. The lowest BCUT2D eigenvalue weighted by atomic mass is 10.1. The summed E-state index contributed by atoms with van der Waals surface area (Å²) < 4.78 is 5.23. The molecule has 2 aromatic rings. The lowest BCUT2D eigenvalue weighted by Crippen LogP contribution is -2.02. The van der Waals surface area contributed by atoms with E-state index in [-0.39, 0.29) is 6.42 Å². The number of nitrogens with zero attached hydrogens (tertiary/aromatic N) is 1. The molecule has 0 atom stereocenters. The van der Waals surface area contributed by atoms with Gasteiger partial charge < -0.3 is 9.84 Å². The van der Waals surface area contributed by atoms with E-state index in [2.05, 4.69) is 4.98 Å². The fourth-order valence-corrected chi connectivity index (χ4v) is 1.79. The molecule has 1 aromatic heterocycles. The maximum atomic E-state index is 10.7. The van der Waals surface area contributed by atoms with Crippen molar-refractivity contribution in [3.8, 4) is 5.75 Å². The number of benzene rings is 1. The highest BCUT2D eigenvalue weighted by molar-refractivity contribution is 5.88. The molecule has 2 rings (SSSR count). The van der Waals surface area contributed by atoms with E-state index in [0.717, 1.165) is 10.9 Å². The normalized spacial score (nSPS) is 10.5. The number of fused-ring (bicyclic) bond motifs is 1. The van der Waals surface area contributed by atoms with Gasteiger partial charge in [-0.25, -0.2) is 4.98 Å². The molecule has 4 nitrogen and oxygen atoms in total. The van der Waals surface area contributed by atoms with E-state index >= 15 is 0 Å². The van der Waals surface area contributed by atoms with Crippen LogP contribution in [0.3, 0.4) is 0 Å². The molecule has 0 aliphatic carbocycles. The number of hydrogen-bond donors (Lipinski definition) is 1. The van der Waals surface area contributed by atoms with Gasteiger partial charge in [0, 0.05) is 5.39 Å². The van der Waals surface area contributed by atoms with Crippen molar-refractivity contribution in [3.63, 3.8) is 0 Å². The Balaban J connectivity index is 2.62. The van der Waals surface area contributed by atoms with Crippen molar-refractivity contribution in [2.24, 2.45) is 0 Å². The quantitative estimate of drug-likeness (QED) is 0.879. The highest BCUT2D eigenvalue weighted by Crippen LogP contribution is 2.26. The second kappa shape index (κ2) is 4.41. The lowest BCUT2D eigenvalue weighted by Gasteiger charge is -2.08. The molecule has 0 saturated carbocycles. The average molecular weight is 231 g/mol. The molecule has 0 amide bonds. The molecular weight excluding hydrogens is 218 g/mol. The molecule has 0 spiro atoms. The molecule has 1 aromatic carbocycles. The molecular formula is C13H13NO3. The summed E-state index contributed by atoms with van der Waals surface area (Å²) in [4.78, 5) is 15.0. The van der Waals surface area contributed by atoms with Gasteiger partial charge in [0.1, 0.15) is 11.3 Å². The van der Waals surface area contributed by atoms with E-state index < -0.39 is 5.97 Å². The largest absolute Gasteiger partial charge is 0.494 e. The minimum absolute atomic E-state index is 0.0764. The third-order valence-electron chi connectivity index (χ3n) is 2.65. The predicted molar refractivity (Wildman–Crippen MR) is 64.4 cm³/mol. The van der Waals surface area contributed by atoms with Gasteiger partial charge in [-0.15, -0.1) is 0 Å². The highest BCUT2D eigenvalue weighted by atomic mass is 16.5. The molecule has 0 bridgehead atoms. The fraction of sp³-hybridized carbons (Fsp3) is 0.231. The van der Waals surface area contributed by atoms with Crippen LogP contribution in [-0.2, 0) is 11.2 Å². The summed E-state index contributed by atoms with van der Waals surface area (Å²) >= 11 is 0. The van der Waals surface area contributed by atoms with Crippen molar-refractivity contribution in [2.75, 3.05) is 7.11 Å². The summed E-state index contributed by atoms with van der Waals surface area (Å²) in [5, 5.41) is 9.73. The Morgan fingerprint density at radius 1 is 1.35 bits per heavy atom. The third-order valence-corrected chi connectivity index (χ3v) is 2.65. The van der Waals surface area contributed by atoms with Gasteiger partial charge in [0.2, 0.25) is 0 Å². The number of ether oxygens (including phenoxy) is 1. The Hall–Kier alpha value is -2.10. The molecule has 0 aliphatic rings. The van der Waals surface area contributed by atoms with Gasteiger partial charge in [0.15, 0.2) is 0 Å². The van der Waals surface area contributed by atoms with Crippen LogP contribution >= 0.6 is 0 Å². The molecule has 1 N–H and O–H groups in total. The number of rotatable bonds is 3. The first-order chi connectivity index (χ1) is 8.11. The van der Waals surface area contributed by atoms with E-state index in [0.29, 0.717) is 17.0 Å². The average Bonchev–Trinajstić information content (AvgIpc) is 2.29. The number of carboxylic acid groups (broad SMARTS) is 1. The van der Waals surface area contributed by atoms with Crippen LogP contribution in [-0.4, -0.2) is 23.2 Å². The van der Waals surface area contributed by atoms with Crippen molar-refractivity contribution in [2.45, 2.75) is 13.3 Å². The number of aliphatic carboxylic acids is 1. The number of aromatic nitrogens is 1. The Morgan fingerprint density at radius 3 is 2.76 bits per heavy atom. The van der Waals surface area contributed by atoms with Gasteiger partial charge in [0.25, 0.3) is 0 Å². The minimum atomic E-state index is -0.886. The highest BCUT2D eigenvalue weighted by Gasteiger charge is 2.08. The summed E-state index contributed by atoms with van der Waals surface area (Å²) in [6, 6.07) is 7.43. The number of aryl methyl sites for hydroxylation is 1. The molecule has 17 heavy (non-hydrogen) atoms. The van der Waals surface area contributed by atoms with Crippen molar-refractivity contribution in [3.05, 3.63) is 35.5 Å². The molecule has 4 heteroatoms. The van der Waals surface area contributed by atoms with Crippen LogP contribution in [0.4, 0.5) is 0 Å². The van der Waals surface area contributed by atoms with Crippen LogP contribution in [0.1, 0.15) is 11.3 Å². The molecule has 88 valence electrons. The van der Waals surface area contributed by atoms with Gasteiger partial charge in [-0.1, -0.05) is 12.1 Å². The second-order valence-corrected chi connectivity index (χ2v) is 3.85. The van der Waals surface area contributed by atoms with Gasteiger partial charge in [0.05, 0.1) is 19.2 Å². The first-order valence-electron chi connectivity index (χ1n) is 5.27. The lowest BCUT2D eigenvalue weighted by molar-refractivity contribution is -0.136. The molecule has 0 radical (unpaired) electrons. The molecule has 1 heterocycles. The smallest absolute Gasteiger partial charge is 0.309 e. The van der Waals surface area contributed by atoms with E-state index in [9.17, 15) is 4.79 Å². The van der Waals surface area contributed by atoms with Crippen molar-refractivity contribution in [1.29, 1.82) is 0 Å². The zero-order valence-electron chi connectivity index (χ0n) is 9.73. The number of carboxylic acids is 1. The van der Waals surface area contributed by atoms with E-state index in [4.69, 9.17) is 9.84 Å². The summed E-state index contributed by atoms with van der Waals surface area (Å²) in [6.45, 7) is 1.99. The summed E-state index contributed by atoms with van der Waals surface area (Å²) in [5.41, 5.74) is 2.34. The number of pyridine rings is 1. The Kier molecular flexibility index (Phi) is 2.95. The van der Waals surface area contributed by atoms with Gasteiger partial charge >= 0.3 is 5.97 Å². The van der Waals surface area contributed by atoms with Crippen LogP contribution in [0.2, 0.25) is 0 Å². The Labute approximate surface area is 98.9 Å². The van der Waals surface area contributed by atoms with Gasteiger partial charge in [-0.05, 0) is 24.6 Å². The second-order valence-electron chi connectivity index (χ2n) is 3.85. The summed E-state index contributed by atoms with van der Waals surface area (Å²) in [5.74, 6) is -0.221. The monoisotopic (exact) mass is 231 g/mol. The van der Waals surface area contributed by atoms with Crippen LogP contribution in [0.25, 0.3) is 10.9 Å². The SMILES string of the molecule is COc1ccc(C)c2ccc(CC(=O)O)nc12. The fourth-order valence-electron chi connectivity index (χ4n) is 1.79. The standard InChI is InChI=1S/C13H13NO3/c1-8-3-6-11(17-2)13-10(8)5-4-9(14-13)7-12(15)16/h3-6H,7H2,1-2H3,(H,15,16). The van der Waals surface area contributed by atoms with E-state index in [1.807, 2.05) is 25.1 Å². The Morgan fingerprint density at radius 2 is 2.12 bits per heavy atom. The third kappa shape index (κ3) is 2.20.